The summed E-state index contributed by atoms with van der Waals surface area (Å²) in [7, 11) is 0. The minimum Gasteiger partial charge on any atom is -0.394 e. The smallest absolute Gasteiger partial charge is 0.220 e. The quantitative estimate of drug-likeness (QED) is 0.0425. The Hall–Kier alpha value is -3.73. The van der Waals surface area contributed by atoms with E-state index < -0.39 is 12.1 Å². The first-order valence-electron chi connectivity index (χ1n) is 24.0. The second-order valence-electron chi connectivity index (χ2n) is 15.4. The van der Waals surface area contributed by atoms with Crippen LogP contribution in [0, 0.1) is 0 Å². The number of aliphatic hydroxyl groups is 2. The van der Waals surface area contributed by atoms with Gasteiger partial charge in [0, 0.05) is 6.42 Å². The summed E-state index contributed by atoms with van der Waals surface area (Å²) in [4.78, 5) is 12.3. The number of carbonyl (C=O) groups excluding carboxylic acids is 1. The molecular formula is C56H89NO3. The molecule has 0 fully saturated rings. The summed E-state index contributed by atoms with van der Waals surface area (Å²) in [5.74, 6) is -0.0876. The minimum absolute atomic E-state index is 0.0876. The molecule has 0 aromatic rings. The number of rotatable bonds is 41. The van der Waals surface area contributed by atoms with Gasteiger partial charge in [-0.15, -0.1) is 0 Å². The van der Waals surface area contributed by atoms with Crippen molar-refractivity contribution < 1.29 is 15.0 Å². The third kappa shape index (κ3) is 45.4. The largest absolute Gasteiger partial charge is 0.394 e. The lowest BCUT2D eigenvalue weighted by atomic mass is 10.1. The van der Waals surface area contributed by atoms with Gasteiger partial charge in [0.15, 0.2) is 0 Å². The van der Waals surface area contributed by atoms with Crippen LogP contribution in [0.2, 0.25) is 0 Å². The minimum atomic E-state index is -0.850. The monoisotopic (exact) mass is 824 g/mol. The molecule has 2 unspecified atom stereocenters. The first-order chi connectivity index (χ1) is 29.7. The third-order valence-corrected chi connectivity index (χ3v) is 9.83. The van der Waals surface area contributed by atoms with Gasteiger partial charge in [0.1, 0.15) is 0 Å². The normalized spacial score (nSPS) is 14.3. The Morgan fingerprint density at radius 1 is 0.417 bits per heavy atom. The molecule has 2 atom stereocenters. The van der Waals surface area contributed by atoms with Crippen LogP contribution in [0.1, 0.15) is 181 Å². The van der Waals surface area contributed by atoms with Crippen LogP contribution in [0.5, 0.6) is 0 Å². The standard InChI is InChI=1S/C56H89NO3/c1-3-5-7-9-11-12-13-14-15-16-17-18-19-20-21-22-23-24-25-26-27-28-29-30-31-32-33-34-35-36-37-38-39-40-41-42-43-44-46-48-50-52-56(60)57-54(53-58)55(59)51-49-47-45-10-8-6-4-2/h5,7,11-12,14-15,17-18,20-21,23-24,26-27,29-30,32-33,35-36,38-39,49,51,54-55,58-59H,3-4,6,8-10,13,16,19,22,25,28,31,34,37,40-48,50,52-53H2,1-2H3,(H,57,60)/b7-5-,12-11-,15-14-,18-17-,21-20-,24-23-,27-26-,30-29-,33-32-,36-35-,39-38-,51-49+. The number of nitrogens with one attached hydrogen (secondary N) is 1. The summed E-state index contributed by atoms with van der Waals surface area (Å²) >= 11 is 0. The van der Waals surface area contributed by atoms with E-state index >= 15 is 0 Å². The highest BCUT2D eigenvalue weighted by Crippen LogP contribution is 2.11. The van der Waals surface area contributed by atoms with E-state index in [1.54, 1.807) is 6.08 Å². The highest BCUT2D eigenvalue weighted by atomic mass is 16.3. The molecule has 0 aromatic heterocycles. The molecule has 0 aliphatic rings. The predicted molar refractivity (Wildman–Crippen MR) is 266 cm³/mol. The van der Waals surface area contributed by atoms with Crippen LogP contribution in [0.25, 0.3) is 0 Å². The maximum Gasteiger partial charge on any atom is 0.220 e. The molecule has 0 aromatic carbocycles. The second kappa shape index (κ2) is 49.6. The van der Waals surface area contributed by atoms with E-state index in [4.69, 9.17) is 0 Å². The Bertz CT molecular complexity index is 1300. The van der Waals surface area contributed by atoms with Crippen LogP contribution in [0.3, 0.4) is 0 Å². The second-order valence-corrected chi connectivity index (χ2v) is 15.4. The fraction of sp³-hybridized carbons (Fsp3) is 0.554. The third-order valence-electron chi connectivity index (χ3n) is 9.83. The van der Waals surface area contributed by atoms with Crippen molar-refractivity contribution in [2.45, 2.75) is 193 Å². The topological polar surface area (TPSA) is 69.6 Å². The molecule has 3 N–H and O–H groups in total. The summed E-state index contributed by atoms with van der Waals surface area (Å²) in [6, 6.07) is -0.635. The molecule has 4 nitrogen and oxygen atoms in total. The summed E-state index contributed by atoms with van der Waals surface area (Å²) in [5.41, 5.74) is 0. The maximum atomic E-state index is 12.3. The van der Waals surface area contributed by atoms with Crippen LogP contribution >= 0.6 is 0 Å². The van der Waals surface area contributed by atoms with Crippen molar-refractivity contribution >= 4 is 5.91 Å². The van der Waals surface area contributed by atoms with E-state index in [0.717, 1.165) is 109 Å². The van der Waals surface area contributed by atoms with Gasteiger partial charge >= 0.3 is 0 Å². The molecule has 0 aliphatic heterocycles. The number of carbonyl (C=O) groups is 1. The molecule has 4 heteroatoms. The van der Waals surface area contributed by atoms with E-state index in [1.807, 2.05) is 6.08 Å². The number of aliphatic hydroxyl groups excluding tert-OH is 2. The Morgan fingerprint density at radius 3 is 1.10 bits per heavy atom. The SMILES string of the molecule is CC/C=C\C/C=C\C/C=C\C/C=C\C/C=C\C/C=C\C/C=C\C/C=C\C/C=C\C/C=C\C/C=C\CCCCCCCCCC(=O)NC(CO)C(O)/C=C/CCCCCCC. The first-order valence-corrected chi connectivity index (χ1v) is 24.0. The molecule has 0 aliphatic carbocycles. The number of hydrogen-bond acceptors (Lipinski definition) is 3. The van der Waals surface area contributed by atoms with E-state index in [9.17, 15) is 15.0 Å². The molecule has 0 heterocycles. The zero-order valence-corrected chi connectivity index (χ0v) is 38.4. The van der Waals surface area contributed by atoms with Gasteiger partial charge in [0.25, 0.3) is 0 Å². The van der Waals surface area contributed by atoms with Crippen molar-refractivity contribution in [2.24, 2.45) is 0 Å². The summed E-state index contributed by atoms with van der Waals surface area (Å²) in [6.07, 6.45) is 79.9. The molecule has 336 valence electrons. The summed E-state index contributed by atoms with van der Waals surface area (Å²) in [5, 5.41) is 22.8. The molecule has 0 saturated carbocycles. The fourth-order valence-corrected chi connectivity index (χ4v) is 6.18. The van der Waals surface area contributed by atoms with Crippen molar-refractivity contribution in [1.29, 1.82) is 0 Å². The van der Waals surface area contributed by atoms with Crippen molar-refractivity contribution in [3.63, 3.8) is 0 Å². The first kappa shape index (κ1) is 56.3. The van der Waals surface area contributed by atoms with Crippen molar-refractivity contribution in [3.05, 3.63) is 146 Å². The van der Waals surface area contributed by atoms with Gasteiger partial charge < -0.3 is 15.5 Å². The molecule has 60 heavy (non-hydrogen) atoms. The van der Waals surface area contributed by atoms with Gasteiger partial charge in [-0.1, -0.05) is 217 Å². The van der Waals surface area contributed by atoms with Gasteiger partial charge in [-0.3, -0.25) is 4.79 Å². The molecule has 0 radical (unpaired) electrons. The Morgan fingerprint density at radius 2 is 0.733 bits per heavy atom. The lowest BCUT2D eigenvalue weighted by molar-refractivity contribution is -0.123. The van der Waals surface area contributed by atoms with Crippen LogP contribution in [0.15, 0.2) is 146 Å². The molecule has 0 spiro atoms. The number of allylic oxidation sites excluding steroid dienone is 23. The number of amides is 1. The van der Waals surface area contributed by atoms with Crippen molar-refractivity contribution in [1.82, 2.24) is 5.32 Å². The van der Waals surface area contributed by atoms with E-state index in [0.29, 0.717) is 6.42 Å². The van der Waals surface area contributed by atoms with E-state index in [2.05, 4.69) is 153 Å². The number of unbranched alkanes of at least 4 members (excludes halogenated alkanes) is 12. The molecular weight excluding hydrogens is 735 g/mol. The molecule has 0 bridgehead atoms. The maximum absolute atomic E-state index is 12.3. The lowest BCUT2D eigenvalue weighted by Gasteiger charge is -2.20. The van der Waals surface area contributed by atoms with Crippen LogP contribution < -0.4 is 5.32 Å². The van der Waals surface area contributed by atoms with Crippen molar-refractivity contribution in [3.8, 4) is 0 Å². The van der Waals surface area contributed by atoms with Gasteiger partial charge in [-0.05, 0) is 103 Å². The van der Waals surface area contributed by atoms with Gasteiger partial charge in [-0.2, -0.15) is 0 Å². The molecule has 1 amide bonds. The lowest BCUT2D eigenvalue weighted by Crippen LogP contribution is -2.45. The average Bonchev–Trinajstić information content (AvgIpc) is 3.25. The van der Waals surface area contributed by atoms with Crippen LogP contribution in [-0.2, 0) is 4.79 Å². The van der Waals surface area contributed by atoms with Crippen LogP contribution in [0.4, 0.5) is 0 Å². The summed E-state index contributed by atoms with van der Waals surface area (Å²) < 4.78 is 0. The predicted octanol–water partition coefficient (Wildman–Crippen LogP) is 15.7. The number of hydrogen-bond donors (Lipinski definition) is 3. The van der Waals surface area contributed by atoms with Crippen LogP contribution in [-0.4, -0.2) is 34.9 Å². The van der Waals surface area contributed by atoms with Crippen molar-refractivity contribution in [2.75, 3.05) is 6.61 Å². The highest BCUT2D eigenvalue weighted by molar-refractivity contribution is 5.76. The van der Waals surface area contributed by atoms with E-state index in [-0.39, 0.29) is 12.5 Å². The Labute approximate surface area is 370 Å². The summed E-state index contributed by atoms with van der Waals surface area (Å²) in [6.45, 7) is 4.11. The average molecular weight is 824 g/mol. The Kier molecular flexibility index (Phi) is 46.5. The van der Waals surface area contributed by atoms with E-state index in [1.165, 1.54) is 51.4 Å². The molecule has 0 saturated heterocycles. The van der Waals surface area contributed by atoms with Gasteiger partial charge in [0.05, 0.1) is 18.8 Å². The highest BCUT2D eigenvalue weighted by Gasteiger charge is 2.17. The Balaban J connectivity index is 3.66. The van der Waals surface area contributed by atoms with Gasteiger partial charge in [-0.25, -0.2) is 0 Å². The zero-order valence-electron chi connectivity index (χ0n) is 38.4. The van der Waals surface area contributed by atoms with Gasteiger partial charge in [0.2, 0.25) is 5.91 Å². The zero-order chi connectivity index (χ0) is 43.5. The molecule has 0 rings (SSSR count). The fourth-order valence-electron chi connectivity index (χ4n) is 6.18.